The molecule has 6 nitrogen and oxygen atoms in total. The second kappa shape index (κ2) is 6.06. The standard InChI is InChI=1S/C14H16N2O4/c1-14(2,3)20-13(19)16-11(12(17)18)10-6-4-9(8-15)5-7-10/h4-7,11H,1-3H3,(H,16,19)(H,17,18). The van der Waals surface area contributed by atoms with Crippen molar-refractivity contribution in [2.24, 2.45) is 0 Å². The largest absolute Gasteiger partial charge is 0.479 e. The van der Waals surface area contributed by atoms with Gasteiger partial charge in [-0.05, 0) is 38.5 Å². The fourth-order valence-electron chi connectivity index (χ4n) is 1.46. The van der Waals surface area contributed by atoms with Gasteiger partial charge in [-0.2, -0.15) is 5.26 Å². The SMILES string of the molecule is CC(C)(C)OC(=O)NC(C(=O)O)c1ccc(C#N)cc1. The number of ether oxygens (including phenoxy) is 1. The molecule has 6 heteroatoms. The number of carbonyl (C=O) groups excluding carboxylic acids is 1. The van der Waals surface area contributed by atoms with Gasteiger partial charge in [0.25, 0.3) is 0 Å². The van der Waals surface area contributed by atoms with Crippen LogP contribution < -0.4 is 5.32 Å². The summed E-state index contributed by atoms with van der Waals surface area (Å²) in [6.07, 6.45) is -0.811. The number of carboxylic acids is 1. The van der Waals surface area contributed by atoms with Crippen molar-refractivity contribution in [1.82, 2.24) is 5.32 Å². The van der Waals surface area contributed by atoms with E-state index < -0.39 is 23.7 Å². The number of nitrogens with one attached hydrogen (secondary N) is 1. The Kier molecular flexibility index (Phi) is 4.70. The lowest BCUT2D eigenvalue weighted by molar-refractivity contribution is -0.139. The summed E-state index contributed by atoms with van der Waals surface area (Å²) < 4.78 is 5.02. The maximum atomic E-state index is 11.6. The molecule has 0 saturated heterocycles. The highest BCUT2D eigenvalue weighted by Gasteiger charge is 2.25. The molecule has 0 aromatic heterocycles. The Labute approximate surface area is 117 Å². The summed E-state index contributed by atoms with van der Waals surface area (Å²) >= 11 is 0. The number of nitrogens with zero attached hydrogens (tertiary/aromatic N) is 1. The van der Waals surface area contributed by atoms with Gasteiger partial charge < -0.3 is 15.2 Å². The average Bonchev–Trinajstić information content (AvgIpc) is 2.34. The van der Waals surface area contributed by atoms with E-state index in [1.54, 1.807) is 20.8 Å². The lowest BCUT2D eigenvalue weighted by atomic mass is 10.1. The topological polar surface area (TPSA) is 99.4 Å². The first kappa shape index (κ1) is 15.5. The highest BCUT2D eigenvalue weighted by molar-refractivity contribution is 5.81. The number of hydrogen-bond donors (Lipinski definition) is 2. The average molecular weight is 276 g/mol. The lowest BCUT2D eigenvalue weighted by Gasteiger charge is -2.22. The third kappa shape index (κ3) is 4.61. The van der Waals surface area contributed by atoms with Gasteiger partial charge in [-0.1, -0.05) is 12.1 Å². The summed E-state index contributed by atoms with van der Waals surface area (Å²) in [6, 6.07) is 6.65. The quantitative estimate of drug-likeness (QED) is 0.881. The van der Waals surface area contributed by atoms with Gasteiger partial charge in [-0.25, -0.2) is 9.59 Å². The zero-order valence-electron chi connectivity index (χ0n) is 11.5. The van der Waals surface area contributed by atoms with E-state index in [0.717, 1.165) is 0 Å². The summed E-state index contributed by atoms with van der Waals surface area (Å²) in [4.78, 5) is 22.8. The number of alkyl carbamates (subject to hydrolysis) is 1. The molecule has 0 aliphatic carbocycles. The Balaban J connectivity index is 2.87. The van der Waals surface area contributed by atoms with Crippen LogP contribution in [0.3, 0.4) is 0 Å². The van der Waals surface area contributed by atoms with Gasteiger partial charge in [0, 0.05) is 0 Å². The predicted molar refractivity (Wildman–Crippen MR) is 70.9 cm³/mol. The molecule has 0 fully saturated rings. The van der Waals surface area contributed by atoms with Crippen LogP contribution in [0.4, 0.5) is 4.79 Å². The van der Waals surface area contributed by atoms with Crippen LogP contribution in [-0.2, 0) is 9.53 Å². The summed E-state index contributed by atoms with van der Waals surface area (Å²) in [7, 11) is 0. The molecule has 1 amide bonds. The maximum Gasteiger partial charge on any atom is 0.408 e. The van der Waals surface area contributed by atoms with Gasteiger partial charge >= 0.3 is 12.1 Å². The van der Waals surface area contributed by atoms with Crippen molar-refractivity contribution in [1.29, 1.82) is 5.26 Å². The molecule has 1 aromatic carbocycles. The van der Waals surface area contributed by atoms with Crippen LogP contribution in [0.15, 0.2) is 24.3 Å². The van der Waals surface area contributed by atoms with E-state index in [4.69, 9.17) is 15.1 Å². The van der Waals surface area contributed by atoms with E-state index >= 15 is 0 Å². The van der Waals surface area contributed by atoms with Gasteiger partial charge in [0.1, 0.15) is 5.60 Å². The third-order valence-electron chi connectivity index (χ3n) is 2.28. The zero-order valence-corrected chi connectivity index (χ0v) is 11.5. The predicted octanol–water partition coefficient (Wildman–Crippen LogP) is 2.21. The maximum absolute atomic E-state index is 11.6. The van der Waals surface area contributed by atoms with Crippen molar-refractivity contribution in [3.05, 3.63) is 35.4 Å². The number of rotatable bonds is 3. The Hall–Kier alpha value is -2.55. The molecule has 106 valence electrons. The first-order valence-electron chi connectivity index (χ1n) is 5.95. The first-order valence-corrected chi connectivity index (χ1v) is 5.95. The van der Waals surface area contributed by atoms with Crippen molar-refractivity contribution >= 4 is 12.1 Å². The number of aliphatic carboxylic acids is 1. The first-order chi connectivity index (χ1) is 9.23. The fraction of sp³-hybridized carbons (Fsp3) is 0.357. The summed E-state index contributed by atoms with van der Waals surface area (Å²) in [5.41, 5.74) is 0.0650. The Morgan fingerprint density at radius 3 is 2.25 bits per heavy atom. The van der Waals surface area contributed by atoms with E-state index in [9.17, 15) is 9.59 Å². The molecule has 2 N–H and O–H groups in total. The van der Waals surface area contributed by atoms with Crippen molar-refractivity contribution in [2.75, 3.05) is 0 Å². The smallest absolute Gasteiger partial charge is 0.408 e. The Bertz CT molecular complexity index is 538. The van der Waals surface area contributed by atoms with Gasteiger partial charge in [-0.15, -0.1) is 0 Å². The number of nitriles is 1. The molecule has 1 atom stereocenters. The van der Waals surface area contributed by atoms with E-state index in [1.807, 2.05) is 6.07 Å². The minimum absolute atomic E-state index is 0.363. The van der Waals surface area contributed by atoms with Crippen LogP contribution >= 0.6 is 0 Å². The van der Waals surface area contributed by atoms with Crippen molar-refractivity contribution in [3.63, 3.8) is 0 Å². The molecule has 0 radical (unpaired) electrons. The normalized spacial score (nSPS) is 12.1. The molecule has 20 heavy (non-hydrogen) atoms. The third-order valence-corrected chi connectivity index (χ3v) is 2.28. The highest BCUT2D eigenvalue weighted by Crippen LogP contribution is 2.16. The minimum Gasteiger partial charge on any atom is -0.479 e. The van der Waals surface area contributed by atoms with Crippen LogP contribution in [0, 0.1) is 11.3 Å². The number of hydrogen-bond acceptors (Lipinski definition) is 4. The summed E-state index contributed by atoms with van der Waals surface area (Å²) in [6.45, 7) is 5.05. The van der Waals surface area contributed by atoms with Crippen molar-refractivity contribution in [3.8, 4) is 6.07 Å². The molecule has 0 saturated carbocycles. The van der Waals surface area contributed by atoms with Gasteiger partial charge in [0.2, 0.25) is 0 Å². The van der Waals surface area contributed by atoms with E-state index in [-0.39, 0.29) is 0 Å². The number of benzene rings is 1. The van der Waals surface area contributed by atoms with E-state index in [2.05, 4.69) is 5.32 Å². The zero-order chi connectivity index (χ0) is 15.3. The molecule has 1 rings (SSSR count). The number of amides is 1. The molecule has 0 bridgehead atoms. The van der Waals surface area contributed by atoms with Gasteiger partial charge in [-0.3, -0.25) is 0 Å². The lowest BCUT2D eigenvalue weighted by Crippen LogP contribution is -2.38. The fourth-order valence-corrected chi connectivity index (χ4v) is 1.46. The molecule has 0 aliphatic heterocycles. The summed E-state index contributed by atoms with van der Waals surface area (Å²) in [5, 5.41) is 20.1. The van der Waals surface area contributed by atoms with E-state index in [0.29, 0.717) is 11.1 Å². The highest BCUT2D eigenvalue weighted by atomic mass is 16.6. The molecule has 1 aromatic rings. The molecular formula is C14H16N2O4. The van der Waals surface area contributed by atoms with Crippen LogP contribution in [0.2, 0.25) is 0 Å². The second-order valence-corrected chi connectivity index (χ2v) is 5.15. The van der Waals surface area contributed by atoms with Crippen LogP contribution in [-0.4, -0.2) is 22.8 Å². The molecule has 0 heterocycles. The Morgan fingerprint density at radius 1 is 1.30 bits per heavy atom. The van der Waals surface area contributed by atoms with Crippen molar-refractivity contribution in [2.45, 2.75) is 32.4 Å². The monoisotopic (exact) mass is 276 g/mol. The van der Waals surface area contributed by atoms with Gasteiger partial charge in [0.05, 0.1) is 11.6 Å². The molecule has 0 spiro atoms. The minimum atomic E-state index is -1.22. The van der Waals surface area contributed by atoms with Crippen molar-refractivity contribution < 1.29 is 19.4 Å². The number of carbonyl (C=O) groups is 2. The summed E-state index contributed by atoms with van der Waals surface area (Å²) in [5.74, 6) is -1.21. The molecular weight excluding hydrogens is 260 g/mol. The van der Waals surface area contributed by atoms with Crippen LogP contribution in [0.5, 0.6) is 0 Å². The molecule has 0 aliphatic rings. The van der Waals surface area contributed by atoms with Gasteiger partial charge in [0.15, 0.2) is 6.04 Å². The van der Waals surface area contributed by atoms with E-state index in [1.165, 1.54) is 24.3 Å². The number of carboxylic acid groups (broad SMARTS) is 1. The van der Waals surface area contributed by atoms with Crippen LogP contribution in [0.1, 0.15) is 37.9 Å². The van der Waals surface area contributed by atoms with Crippen LogP contribution in [0.25, 0.3) is 0 Å². The Morgan fingerprint density at radius 2 is 1.85 bits per heavy atom. The molecule has 1 unspecified atom stereocenters. The second-order valence-electron chi connectivity index (χ2n) is 5.15.